The first kappa shape index (κ1) is 16.4. The van der Waals surface area contributed by atoms with Gasteiger partial charge in [-0.1, -0.05) is 6.07 Å². The van der Waals surface area contributed by atoms with Gasteiger partial charge in [0.15, 0.2) is 0 Å². The van der Waals surface area contributed by atoms with Crippen LogP contribution in [0.4, 0.5) is 0 Å². The predicted octanol–water partition coefficient (Wildman–Crippen LogP) is 2.13. The highest BCUT2D eigenvalue weighted by Gasteiger charge is 2.04. The van der Waals surface area contributed by atoms with Gasteiger partial charge in [-0.2, -0.15) is 0 Å². The van der Waals surface area contributed by atoms with E-state index in [9.17, 15) is 0 Å². The van der Waals surface area contributed by atoms with E-state index >= 15 is 0 Å². The fourth-order valence-electron chi connectivity index (χ4n) is 1.77. The van der Waals surface area contributed by atoms with E-state index in [2.05, 4.69) is 45.3 Å². The topological polar surface area (TPSA) is 33.7 Å². The van der Waals surface area contributed by atoms with Crippen molar-refractivity contribution < 1.29 is 9.47 Å². The Hall–Kier alpha value is -0.620. The van der Waals surface area contributed by atoms with Crippen molar-refractivity contribution >= 4 is 15.9 Å². The summed E-state index contributed by atoms with van der Waals surface area (Å²) in [4.78, 5) is 2.29. The van der Waals surface area contributed by atoms with Crippen molar-refractivity contribution in [3.05, 3.63) is 28.2 Å². The van der Waals surface area contributed by atoms with Crippen LogP contribution < -0.4 is 10.1 Å². The largest absolute Gasteiger partial charge is 0.496 e. The third kappa shape index (κ3) is 6.38. The van der Waals surface area contributed by atoms with E-state index in [-0.39, 0.29) is 0 Å². The van der Waals surface area contributed by atoms with E-state index in [0.717, 1.165) is 43.0 Å². The maximum atomic E-state index is 5.23. The molecule has 0 bridgehead atoms. The number of nitrogens with zero attached hydrogens (tertiary/aromatic N) is 1. The molecule has 1 rings (SSSR count). The molecule has 0 aliphatic carbocycles. The zero-order valence-electron chi connectivity index (χ0n) is 11.9. The van der Waals surface area contributed by atoms with Crippen LogP contribution in [0.1, 0.15) is 5.56 Å². The third-order valence-corrected chi connectivity index (χ3v) is 3.44. The van der Waals surface area contributed by atoms with Crippen LogP contribution >= 0.6 is 15.9 Å². The van der Waals surface area contributed by atoms with Gasteiger partial charge in [0.2, 0.25) is 0 Å². The number of hydrogen-bond acceptors (Lipinski definition) is 4. The van der Waals surface area contributed by atoms with E-state index in [1.807, 2.05) is 6.07 Å². The second-order valence-corrected chi connectivity index (χ2v) is 5.30. The van der Waals surface area contributed by atoms with Gasteiger partial charge in [0.05, 0.1) is 18.2 Å². The molecule has 1 aromatic rings. The molecule has 4 nitrogen and oxygen atoms in total. The molecule has 5 heteroatoms. The molecule has 19 heavy (non-hydrogen) atoms. The molecular weight excluding hydrogens is 308 g/mol. The van der Waals surface area contributed by atoms with Crippen LogP contribution in [-0.4, -0.2) is 52.4 Å². The summed E-state index contributed by atoms with van der Waals surface area (Å²) in [5.74, 6) is 0.868. The maximum Gasteiger partial charge on any atom is 0.133 e. The van der Waals surface area contributed by atoms with Crippen LogP contribution in [0.2, 0.25) is 0 Å². The van der Waals surface area contributed by atoms with Gasteiger partial charge in [-0.3, -0.25) is 0 Å². The van der Waals surface area contributed by atoms with Gasteiger partial charge in [0.25, 0.3) is 0 Å². The van der Waals surface area contributed by atoms with Crippen molar-refractivity contribution in [2.24, 2.45) is 0 Å². The second kappa shape index (κ2) is 9.31. The van der Waals surface area contributed by atoms with Gasteiger partial charge < -0.3 is 19.7 Å². The molecule has 1 N–H and O–H groups in total. The number of hydrogen-bond donors (Lipinski definition) is 1. The smallest absolute Gasteiger partial charge is 0.133 e. The van der Waals surface area contributed by atoms with Gasteiger partial charge in [-0.05, 0) is 40.7 Å². The van der Waals surface area contributed by atoms with Crippen LogP contribution in [0, 0.1) is 0 Å². The average Bonchev–Trinajstić information content (AvgIpc) is 2.39. The molecule has 0 aliphatic rings. The molecule has 0 radical (unpaired) electrons. The molecule has 1 aromatic carbocycles. The van der Waals surface area contributed by atoms with Crippen LogP contribution in [0.25, 0.3) is 0 Å². The first-order valence-corrected chi connectivity index (χ1v) is 7.17. The number of halogens is 1. The molecule has 0 amide bonds. The monoisotopic (exact) mass is 330 g/mol. The summed E-state index contributed by atoms with van der Waals surface area (Å²) in [6.45, 7) is 4.56. The molecule has 0 saturated carbocycles. The molecule has 0 spiro atoms. The van der Waals surface area contributed by atoms with Crippen molar-refractivity contribution in [3.8, 4) is 5.75 Å². The van der Waals surface area contributed by atoms with Gasteiger partial charge in [-0.25, -0.2) is 0 Å². The molecule has 0 atom stereocenters. The van der Waals surface area contributed by atoms with E-state index in [1.54, 1.807) is 14.2 Å². The normalized spacial score (nSPS) is 11.0. The van der Waals surface area contributed by atoms with Gasteiger partial charge in [0.1, 0.15) is 5.75 Å². The van der Waals surface area contributed by atoms with Crippen LogP contribution in [0.15, 0.2) is 22.7 Å². The summed E-state index contributed by atoms with van der Waals surface area (Å²) in [7, 11) is 5.52. The number of nitrogens with one attached hydrogen (secondary N) is 1. The quantitative estimate of drug-likeness (QED) is 0.703. The molecule has 0 aromatic heterocycles. The first-order chi connectivity index (χ1) is 9.17. The molecule has 0 aliphatic heterocycles. The lowest BCUT2D eigenvalue weighted by Gasteiger charge is -2.17. The molecule has 0 unspecified atom stereocenters. The Labute approximate surface area is 124 Å². The lowest BCUT2D eigenvalue weighted by atomic mass is 10.2. The minimum Gasteiger partial charge on any atom is -0.496 e. The van der Waals surface area contributed by atoms with E-state index in [1.165, 1.54) is 5.56 Å². The summed E-state index contributed by atoms with van der Waals surface area (Å²) < 4.78 is 11.2. The van der Waals surface area contributed by atoms with E-state index in [4.69, 9.17) is 9.47 Å². The van der Waals surface area contributed by atoms with E-state index in [0.29, 0.717) is 0 Å². The summed E-state index contributed by atoms with van der Waals surface area (Å²) in [6.07, 6.45) is 0. The van der Waals surface area contributed by atoms with Crippen molar-refractivity contribution in [1.82, 2.24) is 10.2 Å². The Bertz CT molecular complexity index is 374. The molecule has 0 fully saturated rings. The summed E-state index contributed by atoms with van der Waals surface area (Å²) >= 11 is 3.51. The van der Waals surface area contributed by atoms with Crippen molar-refractivity contribution in [2.45, 2.75) is 6.54 Å². The Morgan fingerprint density at radius 1 is 1.26 bits per heavy atom. The van der Waals surface area contributed by atoms with Crippen molar-refractivity contribution in [1.29, 1.82) is 0 Å². The fraction of sp³-hybridized carbons (Fsp3) is 0.571. The minimum atomic E-state index is 0.759. The zero-order valence-corrected chi connectivity index (χ0v) is 13.5. The third-order valence-electron chi connectivity index (χ3n) is 2.82. The van der Waals surface area contributed by atoms with Crippen molar-refractivity contribution in [3.63, 3.8) is 0 Å². The minimum absolute atomic E-state index is 0.759. The van der Waals surface area contributed by atoms with Crippen LogP contribution in [0.3, 0.4) is 0 Å². The molecule has 0 heterocycles. The van der Waals surface area contributed by atoms with Crippen molar-refractivity contribution in [2.75, 3.05) is 47.5 Å². The molecule has 108 valence electrons. The SMILES string of the molecule is COCCNCCN(C)Cc1ccc(OC)c(Br)c1. The predicted molar refractivity (Wildman–Crippen MR) is 81.8 cm³/mol. The number of likely N-dealkylation sites (N-methyl/N-ethyl adjacent to an activating group) is 1. The Morgan fingerprint density at radius 3 is 2.68 bits per heavy atom. The summed E-state index contributed by atoms with van der Waals surface area (Å²) in [5.41, 5.74) is 1.27. The molecular formula is C14H23BrN2O2. The number of rotatable bonds is 9. The molecule has 0 saturated heterocycles. The number of ether oxygens (including phenoxy) is 2. The van der Waals surface area contributed by atoms with Gasteiger partial charge in [-0.15, -0.1) is 0 Å². The maximum absolute atomic E-state index is 5.23. The second-order valence-electron chi connectivity index (χ2n) is 4.45. The Morgan fingerprint density at radius 2 is 2.05 bits per heavy atom. The van der Waals surface area contributed by atoms with Gasteiger partial charge >= 0.3 is 0 Å². The fourth-order valence-corrected chi connectivity index (χ4v) is 2.36. The first-order valence-electron chi connectivity index (χ1n) is 6.38. The standard InChI is InChI=1S/C14H23BrN2O2/c1-17(8-6-16-7-9-18-2)11-12-4-5-14(19-3)13(15)10-12/h4-5,10,16H,6-9,11H2,1-3H3. The lowest BCUT2D eigenvalue weighted by molar-refractivity contribution is 0.197. The highest BCUT2D eigenvalue weighted by molar-refractivity contribution is 9.10. The van der Waals surface area contributed by atoms with Gasteiger partial charge in [0, 0.05) is 33.3 Å². The van der Waals surface area contributed by atoms with E-state index < -0.39 is 0 Å². The number of benzene rings is 1. The number of methoxy groups -OCH3 is 2. The Kier molecular flexibility index (Phi) is 8.05. The van der Waals surface area contributed by atoms with Crippen LogP contribution in [-0.2, 0) is 11.3 Å². The average molecular weight is 331 g/mol. The Balaban J connectivity index is 2.31. The summed E-state index contributed by atoms with van der Waals surface area (Å²) in [5, 5.41) is 3.34. The zero-order chi connectivity index (χ0) is 14.1. The highest BCUT2D eigenvalue weighted by atomic mass is 79.9. The lowest BCUT2D eigenvalue weighted by Crippen LogP contribution is -2.30. The van der Waals surface area contributed by atoms with Crippen LogP contribution in [0.5, 0.6) is 5.75 Å². The highest BCUT2D eigenvalue weighted by Crippen LogP contribution is 2.25. The summed E-state index contributed by atoms with van der Waals surface area (Å²) in [6, 6.07) is 6.19.